The first-order valence-corrected chi connectivity index (χ1v) is 8.52. The molecule has 0 amide bonds. The summed E-state index contributed by atoms with van der Waals surface area (Å²) in [7, 11) is 3.43. The van der Waals surface area contributed by atoms with Crippen molar-refractivity contribution in [3.63, 3.8) is 0 Å². The SMILES string of the molecule is CNCC1(F)CNC1.COc1ccc(C)cc1.O=CO.OC1CCNC1. The molecule has 1 atom stereocenters. The van der Waals surface area contributed by atoms with Crippen LogP contribution in [0.2, 0.25) is 0 Å². The molecule has 0 bridgehead atoms. The van der Waals surface area contributed by atoms with E-state index in [1.165, 1.54) is 5.56 Å². The van der Waals surface area contributed by atoms with Gasteiger partial charge < -0.3 is 30.9 Å². The van der Waals surface area contributed by atoms with Crippen LogP contribution in [0.25, 0.3) is 0 Å². The fraction of sp³-hybridized carbons (Fsp3) is 0.611. The quantitative estimate of drug-likeness (QED) is 0.494. The average Bonchev–Trinajstić information content (AvgIpc) is 3.07. The highest BCUT2D eigenvalue weighted by molar-refractivity contribution is 5.32. The van der Waals surface area contributed by atoms with Gasteiger partial charge in [0.05, 0.1) is 13.2 Å². The van der Waals surface area contributed by atoms with Crippen LogP contribution in [0.3, 0.4) is 0 Å². The van der Waals surface area contributed by atoms with Crippen LogP contribution >= 0.6 is 0 Å². The minimum atomic E-state index is -0.950. The molecule has 2 saturated heterocycles. The van der Waals surface area contributed by atoms with Crippen molar-refractivity contribution in [1.29, 1.82) is 0 Å². The number of benzene rings is 1. The number of aliphatic hydroxyl groups excluding tert-OH is 1. The van der Waals surface area contributed by atoms with Crippen LogP contribution < -0.4 is 20.7 Å². The van der Waals surface area contributed by atoms with Gasteiger partial charge in [-0.3, -0.25) is 4.79 Å². The zero-order valence-corrected chi connectivity index (χ0v) is 15.8. The molecule has 1 aromatic carbocycles. The van der Waals surface area contributed by atoms with Crippen molar-refractivity contribution in [2.45, 2.75) is 25.1 Å². The molecule has 0 radical (unpaired) electrons. The molecule has 0 saturated carbocycles. The summed E-state index contributed by atoms with van der Waals surface area (Å²) in [6.45, 7) is 5.07. The van der Waals surface area contributed by atoms with Gasteiger partial charge in [-0.15, -0.1) is 0 Å². The number of rotatable bonds is 3. The Balaban J connectivity index is 0.000000340. The van der Waals surface area contributed by atoms with E-state index in [9.17, 15) is 4.39 Å². The van der Waals surface area contributed by atoms with Gasteiger partial charge in [-0.05, 0) is 39.1 Å². The van der Waals surface area contributed by atoms with Gasteiger partial charge in [0.2, 0.25) is 0 Å². The Morgan fingerprint density at radius 2 is 1.92 bits per heavy atom. The van der Waals surface area contributed by atoms with Crippen molar-refractivity contribution in [3.8, 4) is 5.75 Å². The van der Waals surface area contributed by atoms with Crippen molar-refractivity contribution in [2.24, 2.45) is 0 Å². The molecule has 2 aliphatic rings. The Labute approximate surface area is 154 Å². The van der Waals surface area contributed by atoms with E-state index in [0.29, 0.717) is 19.6 Å². The van der Waals surface area contributed by atoms with Crippen molar-refractivity contribution in [3.05, 3.63) is 29.8 Å². The van der Waals surface area contributed by atoms with Crippen LogP contribution in [-0.2, 0) is 4.79 Å². The number of nitrogens with one attached hydrogen (secondary N) is 3. The Hall–Kier alpha value is -1.74. The number of ether oxygens (including phenoxy) is 1. The van der Waals surface area contributed by atoms with Gasteiger partial charge in [0.25, 0.3) is 6.47 Å². The van der Waals surface area contributed by atoms with Crippen LogP contribution in [0.15, 0.2) is 24.3 Å². The number of carbonyl (C=O) groups is 1. The summed E-state index contributed by atoms with van der Waals surface area (Å²) in [5, 5.41) is 24.2. The molecule has 0 spiro atoms. The monoisotopic (exact) mass is 373 g/mol. The summed E-state index contributed by atoms with van der Waals surface area (Å²) in [5.74, 6) is 0.917. The number of hydrogen-bond acceptors (Lipinski definition) is 6. The van der Waals surface area contributed by atoms with E-state index in [1.54, 1.807) is 14.2 Å². The van der Waals surface area contributed by atoms with Crippen LogP contribution in [0, 0.1) is 6.92 Å². The maximum absolute atomic E-state index is 12.8. The van der Waals surface area contributed by atoms with E-state index < -0.39 is 5.67 Å². The Kier molecular flexibility index (Phi) is 13.5. The second-order valence-electron chi connectivity index (χ2n) is 6.05. The molecular weight excluding hydrogens is 341 g/mol. The van der Waals surface area contributed by atoms with E-state index in [1.807, 2.05) is 24.3 Å². The molecule has 2 aliphatic heterocycles. The Morgan fingerprint density at radius 3 is 2.15 bits per heavy atom. The average molecular weight is 373 g/mol. The van der Waals surface area contributed by atoms with E-state index in [0.717, 1.165) is 25.3 Å². The third-order valence-corrected chi connectivity index (χ3v) is 3.67. The summed E-state index contributed by atoms with van der Waals surface area (Å²) in [6.07, 6.45) is 0.866. The topological polar surface area (TPSA) is 103 Å². The number of alkyl halides is 1. The van der Waals surface area contributed by atoms with E-state index >= 15 is 0 Å². The largest absolute Gasteiger partial charge is 0.497 e. The normalized spacial score (nSPS) is 19.2. The summed E-state index contributed by atoms with van der Waals surface area (Å²) in [6, 6.07) is 7.96. The molecule has 8 heteroatoms. The first-order chi connectivity index (χ1) is 12.4. The number of halogens is 1. The van der Waals surface area contributed by atoms with Gasteiger partial charge in [0.15, 0.2) is 0 Å². The fourth-order valence-corrected chi connectivity index (χ4v) is 2.15. The molecule has 1 unspecified atom stereocenters. The zero-order valence-electron chi connectivity index (χ0n) is 15.8. The molecule has 0 aliphatic carbocycles. The Bertz CT molecular complexity index is 464. The van der Waals surface area contributed by atoms with Gasteiger partial charge in [0.1, 0.15) is 11.4 Å². The minimum absolute atomic E-state index is 0.0648. The minimum Gasteiger partial charge on any atom is -0.497 e. The third kappa shape index (κ3) is 11.8. The maximum Gasteiger partial charge on any atom is 0.290 e. The molecule has 5 N–H and O–H groups in total. The second kappa shape index (κ2) is 14.4. The highest BCUT2D eigenvalue weighted by Gasteiger charge is 2.35. The van der Waals surface area contributed by atoms with Crippen LogP contribution in [0.1, 0.15) is 12.0 Å². The van der Waals surface area contributed by atoms with Gasteiger partial charge in [0, 0.05) is 26.2 Å². The van der Waals surface area contributed by atoms with Gasteiger partial charge in [-0.2, -0.15) is 0 Å². The summed E-state index contributed by atoms with van der Waals surface area (Å²) >= 11 is 0. The lowest BCUT2D eigenvalue weighted by molar-refractivity contribution is -0.122. The fourth-order valence-electron chi connectivity index (χ4n) is 2.15. The molecule has 2 heterocycles. The van der Waals surface area contributed by atoms with Gasteiger partial charge in [-0.1, -0.05) is 17.7 Å². The van der Waals surface area contributed by atoms with Crippen molar-refractivity contribution in [1.82, 2.24) is 16.0 Å². The summed E-state index contributed by atoms with van der Waals surface area (Å²) in [4.78, 5) is 8.36. The molecule has 0 aromatic heterocycles. The standard InChI is InChI=1S/C8H10O.C5H11FN2.C4H9NO.CH2O2/c1-7-3-5-8(9-2)6-4-7;1-7-2-5(6)3-8-4-5;6-4-1-2-5-3-4;2-1-3/h3-6H,1-2H3;7-8H,2-4H2,1H3;4-6H,1-3H2;1H,(H,2,3). The lowest BCUT2D eigenvalue weighted by Gasteiger charge is -2.34. The Morgan fingerprint density at radius 1 is 1.35 bits per heavy atom. The predicted molar refractivity (Wildman–Crippen MR) is 101 cm³/mol. The van der Waals surface area contributed by atoms with Crippen LogP contribution in [0.4, 0.5) is 4.39 Å². The lowest BCUT2D eigenvalue weighted by Crippen LogP contribution is -2.60. The molecule has 1 aromatic rings. The van der Waals surface area contributed by atoms with Crippen molar-refractivity contribution in [2.75, 3.05) is 46.9 Å². The van der Waals surface area contributed by atoms with E-state index in [4.69, 9.17) is 19.7 Å². The van der Waals surface area contributed by atoms with Gasteiger partial charge in [-0.25, -0.2) is 4.39 Å². The zero-order chi connectivity index (χ0) is 19.8. The van der Waals surface area contributed by atoms with E-state index in [-0.39, 0.29) is 12.6 Å². The smallest absolute Gasteiger partial charge is 0.290 e. The highest BCUT2D eigenvalue weighted by atomic mass is 19.1. The van der Waals surface area contributed by atoms with Gasteiger partial charge >= 0.3 is 0 Å². The summed E-state index contributed by atoms with van der Waals surface area (Å²) < 4.78 is 17.8. The third-order valence-electron chi connectivity index (χ3n) is 3.67. The lowest BCUT2D eigenvalue weighted by atomic mass is 10.0. The molecule has 150 valence electrons. The van der Waals surface area contributed by atoms with Crippen LogP contribution in [0.5, 0.6) is 5.75 Å². The first-order valence-electron chi connectivity index (χ1n) is 8.52. The van der Waals surface area contributed by atoms with E-state index in [2.05, 4.69) is 22.9 Å². The molecular formula is C18H32FN3O4. The highest BCUT2D eigenvalue weighted by Crippen LogP contribution is 2.13. The molecule has 2 fully saturated rings. The number of aryl methyl sites for hydroxylation is 1. The first kappa shape index (κ1) is 24.3. The van der Waals surface area contributed by atoms with Crippen molar-refractivity contribution < 1.29 is 24.1 Å². The predicted octanol–water partition coefficient (Wildman–Crippen LogP) is 0.562. The molecule has 26 heavy (non-hydrogen) atoms. The number of hydrogen-bond donors (Lipinski definition) is 5. The second-order valence-corrected chi connectivity index (χ2v) is 6.05. The molecule has 3 rings (SSSR count). The number of methoxy groups -OCH3 is 1. The number of aliphatic hydroxyl groups is 1. The number of β-amino-alcohol motifs (C(OH)–C–C–N with tert-alkyl or cyclic N) is 1. The maximum atomic E-state index is 12.8. The number of carboxylic acid groups (broad SMARTS) is 1. The van der Waals surface area contributed by atoms with Crippen molar-refractivity contribution >= 4 is 6.47 Å². The molecule has 7 nitrogen and oxygen atoms in total. The summed E-state index contributed by atoms with van der Waals surface area (Å²) in [5.41, 5.74) is 0.310. The van der Waals surface area contributed by atoms with Crippen LogP contribution in [-0.4, -0.2) is 75.3 Å².